The first-order chi connectivity index (χ1) is 10.4. The van der Waals surface area contributed by atoms with Crippen LogP contribution in [-0.4, -0.2) is 21.9 Å². The highest BCUT2D eigenvalue weighted by molar-refractivity contribution is 6.33. The molecule has 2 rings (SSSR count). The van der Waals surface area contributed by atoms with Crippen molar-refractivity contribution < 1.29 is 19.6 Å². The van der Waals surface area contributed by atoms with Gasteiger partial charge in [-0.1, -0.05) is 11.6 Å². The second-order valence-electron chi connectivity index (χ2n) is 4.26. The molecule has 2 aromatic carbocycles. The summed E-state index contributed by atoms with van der Waals surface area (Å²) in [6.45, 7) is 0. The maximum atomic E-state index is 12.0. The van der Waals surface area contributed by atoms with Crippen molar-refractivity contribution in [2.45, 2.75) is 0 Å². The average Bonchev–Trinajstić information content (AvgIpc) is 2.47. The highest BCUT2D eigenvalue weighted by Gasteiger charge is 2.12. The number of carboxylic acid groups (broad SMARTS) is 1. The van der Waals surface area contributed by atoms with Crippen LogP contribution in [0.25, 0.3) is 0 Å². The molecule has 22 heavy (non-hydrogen) atoms. The van der Waals surface area contributed by atoms with Crippen molar-refractivity contribution in [3.8, 4) is 0 Å². The average molecular weight is 321 g/mol. The normalized spacial score (nSPS) is 10.0. The molecule has 112 valence electrons. The van der Waals surface area contributed by atoms with Crippen LogP contribution in [0.5, 0.6) is 0 Å². The van der Waals surface area contributed by atoms with E-state index in [0.717, 1.165) is 0 Å². The summed E-state index contributed by atoms with van der Waals surface area (Å²) >= 11 is 5.80. The van der Waals surface area contributed by atoms with E-state index in [9.17, 15) is 19.7 Å². The molecule has 2 N–H and O–H groups in total. The third-order valence-electron chi connectivity index (χ3n) is 2.80. The number of non-ortho nitro benzene ring substituents is 1. The van der Waals surface area contributed by atoms with Gasteiger partial charge in [0.1, 0.15) is 0 Å². The summed E-state index contributed by atoms with van der Waals surface area (Å²) in [5.74, 6) is -1.66. The second-order valence-corrected chi connectivity index (χ2v) is 4.67. The van der Waals surface area contributed by atoms with Crippen LogP contribution in [0, 0.1) is 10.1 Å². The van der Waals surface area contributed by atoms with Crippen molar-refractivity contribution in [3.05, 3.63) is 68.7 Å². The maximum Gasteiger partial charge on any atom is 0.337 e. The number of nitrogens with zero attached hydrogens (tertiary/aromatic N) is 1. The quantitative estimate of drug-likeness (QED) is 0.664. The van der Waals surface area contributed by atoms with Gasteiger partial charge in [0.2, 0.25) is 0 Å². The Labute approximate surface area is 129 Å². The molecule has 0 spiro atoms. The van der Waals surface area contributed by atoms with E-state index < -0.39 is 16.8 Å². The number of aromatic carboxylic acids is 1. The highest BCUT2D eigenvalue weighted by atomic mass is 35.5. The van der Waals surface area contributed by atoms with E-state index in [0.29, 0.717) is 5.69 Å². The molecule has 1 amide bonds. The molecule has 0 unspecified atom stereocenters. The van der Waals surface area contributed by atoms with Crippen LogP contribution in [-0.2, 0) is 0 Å². The summed E-state index contributed by atoms with van der Waals surface area (Å²) in [7, 11) is 0. The van der Waals surface area contributed by atoms with Crippen molar-refractivity contribution in [1.82, 2.24) is 0 Å². The molecule has 2 aromatic rings. The van der Waals surface area contributed by atoms with E-state index in [1.807, 2.05) is 0 Å². The molecule has 0 fully saturated rings. The third kappa shape index (κ3) is 3.39. The fourth-order valence-corrected chi connectivity index (χ4v) is 1.97. The highest BCUT2D eigenvalue weighted by Crippen LogP contribution is 2.22. The zero-order valence-electron chi connectivity index (χ0n) is 10.9. The van der Waals surface area contributed by atoms with Gasteiger partial charge >= 0.3 is 5.97 Å². The van der Waals surface area contributed by atoms with Crippen LogP contribution in [0.1, 0.15) is 20.7 Å². The number of hydrogen-bond acceptors (Lipinski definition) is 4. The van der Waals surface area contributed by atoms with Crippen LogP contribution in [0.15, 0.2) is 42.5 Å². The van der Waals surface area contributed by atoms with Gasteiger partial charge in [0.25, 0.3) is 11.6 Å². The molecule has 0 aromatic heterocycles. The first-order valence-electron chi connectivity index (χ1n) is 5.97. The van der Waals surface area contributed by atoms with Gasteiger partial charge in [-0.2, -0.15) is 0 Å². The summed E-state index contributed by atoms with van der Waals surface area (Å²) in [6.07, 6.45) is 0. The minimum absolute atomic E-state index is 0.00556. The number of nitrogens with one attached hydrogen (secondary N) is 1. The minimum atomic E-state index is -1.17. The Bertz CT molecular complexity index is 758. The van der Waals surface area contributed by atoms with Crippen LogP contribution in [0.2, 0.25) is 5.02 Å². The monoisotopic (exact) mass is 320 g/mol. The zero-order chi connectivity index (χ0) is 16.3. The lowest BCUT2D eigenvalue weighted by Gasteiger charge is -2.07. The molecular formula is C14H9ClN2O5. The molecule has 0 aliphatic rings. The van der Waals surface area contributed by atoms with Crippen molar-refractivity contribution in [2.75, 3.05) is 5.32 Å². The number of benzene rings is 2. The van der Waals surface area contributed by atoms with Gasteiger partial charge in [-0.3, -0.25) is 14.9 Å². The van der Waals surface area contributed by atoms with Crippen molar-refractivity contribution in [2.24, 2.45) is 0 Å². The number of hydrogen-bond donors (Lipinski definition) is 2. The van der Waals surface area contributed by atoms with Gasteiger partial charge < -0.3 is 10.4 Å². The van der Waals surface area contributed by atoms with E-state index in [2.05, 4.69) is 5.32 Å². The lowest BCUT2D eigenvalue weighted by molar-refractivity contribution is -0.384. The number of carbonyl (C=O) groups excluding carboxylic acids is 1. The smallest absolute Gasteiger partial charge is 0.337 e. The van der Waals surface area contributed by atoms with E-state index in [1.165, 1.54) is 42.5 Å². The Kier molecular flexibility index (Phi) is 4.38. The number of carboxylic acids is 1. The molecular weight excluding hydrogens is 312 g/mol. The molecule has 0 bridgehead atoms. The standard InChI is InChI=1S/C14H9ClN2O5/c15-12-7-9(3-6-11(12)14(19)20)16-13(18)8-1-4-10(5-2-8)17(21)22/h1-7H,(H,16,18)(H,19,20). The lowest BCUT2D eigenvalue weighted by Crippen LogP contribution is -2.12. The van der Waals surface area contributed by atoms with Gasteiger partial charge in [0.05, 0.1) is 15.5 Å². The Morgan fingerprint density at radius 1 is 1.14 bits per heavy atom. The molecule has 0 aliphatic heterocycles. The largest absolute Gasteiger partial charge is 0.478 e. The molecule has 0 saturated heterocycles. The number of rotatable bonds is 4. The van der Waals surface area contributed by atoms with Gasteiger partial charge in [0.15, 0.2) is 0 Å². The van der Waals surface area contributed by atoms with E-state index in [-0.39, 0.29) is 21.8 Å². The topological polar surface area (TPSA) is 110 Å². The Morgan fingerprint density at radius 2 is 1.77 bits per heavy atom. The van der Waals surface area contributed by atoms with Gasteiger partial charge in [-0.05, 0) is 30.3 Å². The third-order valence-corrected chi connectivity index (χ3v) is 3.11. The second kappa shape index (κ2) is 6.23. The predicted molar refractivity (Wildman–Crippen MR) is 79.5 cm³/mol. The van der Waals surface area contributed by atoms with E-state index >= 15 is 0 Å². The first-order valence-corrected chi connectivity index (χ1v) is 6.35. The molecule has 7 nitrogen and oxygen atoms in total. The minimum Gasteiger partial charge on any atom is -0.478 e. The number of carbonyl (C=O) groups is 2. The van der Waals surface area contributed by atoms with Gasteiger partial charge in [-0.15, -0.1) is 0 Å². The van der Waals surface area contributed by atoms with Crippen LogP contribution in [0.4, 0.5) is 11.4 Å². The molecule has 0 saturated carbocycles. The fraction of sp³-hybridized carbons (Fsp3) is 0. The predicted octanol–water partition coefficient (Wildman–Crippen LogP) is 3.20. The van der Waals surface area contributed by atoms with Crippen LogP contribution in [0.3, 0.4) is 0 Å². The number of nitro benzene ring substituents is 1. The van der Waals surface area contributed by atoms with Crippen molar-refractivity contribution >= 4 is 34.9 Å². The van der Waals surface area contributed by atoms with Crippen molar-refractivity contribution in [1.29, 1.82) is 0 Å². The molecule has 0 heterocycles. The SMILES string of the molecule is O=C(Nc1ccc(C(=O)O)c(Cl)c1)c1ccc([N+](=O)[O-])cc1. The molecule has 0 radical (unpaired) electrons. The zero-order valence-corrected chi connectivity index (χ0v) is 11.7. The van der Waals surface area contributed by atoms with Crippen LogP contribution < -0.4 is 5.32 Å². The Hall–Kier alpha value is -2.93. The summed E-state index contributed by atoms with van der Waals surface area (Å²) in [5.41, 5.74) is 0.350. The molecule has 8 heteroatoms. The van der Waals surface area contributed by atoms with Crippen molar-refractivity contribution in [3.63, 3.8) is 0 Å². The van der Waals surface area contributed by atoms with E-state index in [4.69, 9.17) is 16.7 Å². The summed E-state index contributed by atoms with van der Waals surface area (Å²) < 4.78 is 0. The Balaban J connectivity index is 2.16. The summed E-state index contributed by atoms with van der Waals surface area (Å²) in [5, 5.41) is 21.9. The van der Waals surface area contributed by atoms with Gasteiger partial charge in [0, 0.05) is 23.4 Å². The first kappa shape index (κ1) is 15.5. The fourth-order valence-electron chi connectivity index (χ4n) is 1.70. The number of nitro groups is 1. The molecule has 0 atom stereocenters. The number of halogens is 1. The Morgan fingerprint density at radius 3 is 2.27 bits per heavy atom. The summed E-state index contributed by atoms with van der Waals surface area (Å²) in [4.78, 5) is 32.8. The van der Waals surface area contributed by atoms with Crippen LogP contribution >= 0.6 is 11.6 Å². The lowest BCUT2D eigenvalue weighted by atomic mass is 10.1. The van der Waals surface area contributed by atoms with Gasteiger partial charge in [-0.25, -0.2) is 4.79 Å². The summed E-state index contributed by atoms with van der Waals surface area (Å²) in [6, 6.07) is 9.06. The number of amides is 1. The number of anilines is 1. The van der Waals surface area contributed by atoms with E-state index in [1.54, 1.807) is 0 Å². The maximum absolute atomic E-state index is 12.0. The molecule has 0 aliphatic carbocycles.